The Morgan fingerprint density at radius 2 is 1.75 bits per heavy atom. The molecule has 0 aliphatic rings. The van der Waals surface area contributed by atoms with Gasteiger partial charge in [0.05, 0.1) is 5.52 Å². The molecule has 0 aliphatic heterocycles. The molecular formula is C14H12N2. The number of hydrogen-bond acceptors (Lipinski definition) is 2. The van der Waals surface area contributed by atoms with Crippen molar-refractivity contribution in [2.24, 2.45) is 0 Å². The number of pyridine rings is 1. The number of benzene rings is 2. The van der Waals surface area contributed by atoms with Crippen LogP contribution in [0.1, 0.15) is 5.69 Å². The molecule has 2 N–H and O–H groups in total. The van der Waals surface area contributed by atoms with Crippen LogP contribution < -0.4 is 5.73 Å². The molecule has 1 heterocycles. The van der Waals surface area contributed by atoms with E-state index in [2.05, 4.69) is 11.1 Å². The normalized spacial score (nSPS) is 11.1. The molecule has 0 fully saturated rings. The Kier molecular flexibility index (Phi) is 1.83. The Bertz CT molecular complexity index is 687. The van der Waals surface area contributed by atoms with Gasteiger partial charge < -0.3 is 5.73 Å². The Balaban J connectivity index is 2.61. The minimum Gasteiger partial charge on any atom is -0.399 e. The minimum absolute atomic E-state index is 0.795. The maximum absolute atomic E-state index is 5.84. The van der Waals surface area contributed by atoms with E-state index in [1.807, 2.05) is 43.3 Å². The minimum atomic E-state index is 0.795. The third-order valence-corrected chi connectivity index (χ3v) is 2.92. The van der Waals surface area contributed by atoms with Gasteiger partial charge in [-0.15, -0.1) is 0 Å². The van der Waals surface area contributed by atoms with E-state index in [0.717, 1.165) is 22.3 Å². The fourth-order valence-electron chi connectivity index (χ4n) is 2.14. The maximum Gasteiger partial charge on any atom is 0.0711 e. The fourth-order valence-corrected chi connectivity index (χ4v) is 2.14. The topological polar surface area (TPSA) is 38.9 Å². The van der Waals surface area contributed by atoms with Gasteiger partial charge in [-0.2, -0.15) is 0 Å². The van der Waals surface area contributed by atoms with Gasteiger partial charge in [0, 0.05) is 22.2 Å². The second-order valence-electron chi connectivity index (χ2n) is 4.02. The van der Waals surface area contributed by atoms with Gasteiger partial charge in [-0.25, -0.2) is 0 Å². The van der Waals surface area contributed by atoms with Crippen LogP contribution in [0.25, 0.3) is 21.7 Å². The summed E-state index contributed by atoms with van der Waals surface area (Å²) in [5, 5.41) is 3.52. The summed E-state index contributed by atoms with van der Waals surface area (Å²) < 4.78 is 0. The molecule has 2 aromatic carbocycles. The zero-order valence-electron chi connectivity index (χ0n) is 9.07. The lowest BCUT2D eigenvalue weighted by Crippen LogP contribution is -1.90. The van der Waals surface area contributed by atoms with Gasteiger partial charge in [-0.3, -0.25) is 4.98 Å². The molecule has 0 saturated heterocycles. The lowest BCUT2D eigenvalue weighted by molar-refractivity contribution is 1.29. The molecule has 0 radical (unpaired) electrons. The maximum atomic E-state index is 5.84. The van der Waals surface area contributed by atoms with Crippen molar-refractivity contribution in [3.05, 3.63) is 48.2 Å². The van der Waals surface area contributed by atoms with E-state index in [9.17, 15) is 0 Å². The highest BCUT2D eigenvalue weighted by molar-refractivity contribution is 6.07. The van der Waals surface area contributed by atoms with Crippen molar-refractivity contribution in [2.45, 2.75) is 6.92 Å². The molecule has 0 aliphatic carbocycles. The van der Waals surface area contributed by atoms with Crippen LogP contribution >= 0.6 is 0 Å². The molecule has 1 aromatic heterocycles. The first-order valence-corrected chi connectivity index (χ1v) is 5.30. The number of fused-ring (bicyclic) bond motifs is 3. The lowest BCUT2D eigenvalue weighted by atomic mass is 10.0. The summed E-state index contributed by atoms with van der Waals surface area (Å²) in [4.78, 5) is 4.59. The van der Waals surface area contributed by atoms with Gasteiger partial charge in [0.15, 0.2) is 0 Å². The van der Waals surface area contributed by atoms with E-state index in [1.54, 1.807) is 0 Å². The molecule has 3 rings (SSSR count). The predicted octanol–water partition coefficient (Wildman–Crippen LogP) is 3.28. The molecule has 0 amide bonds. The van der Waals surface area contributed by atoms with Crippen molar-refractivity contribution in [1.82, 2.24) is 4.98 Å². The molecular weight excluding hydrogens is 196 g/mol. The van der Waals surface area contributed by atoms with Gasteiger partial charge in [-0.05, 0) is 30.5 Å². The first-order valence-electron chi connectivity index (χ1n) is 5.30. The highest BCUT2D eigenvalue weighted by Gasteiger charge is 2.04. The molecule has 2 nitrogen and oxygen atoms in total. The zero-order chi connectivity index (χ0) is 11.1. The van der Waals surface area contributed by atoms with Crippen LogP contribution in [0.5, 0.6) is 0 Å². The molecule has 0 unspecified atom stereocenters. The average Bonchev–Trinajstić information content (AvgIpc) is 2.29. The summed E-state index contributed by atoms with van der Waals surface area (Å²) >= 11 is 0. The van der Waals surface area contributed by atoms with Crippen molar-refractivity contribution in [3.63, 3.8) is 0 Å². The van der Waals surface area contributed by atoms with E-state index in [1.165, 1.54) is 10.8 Å². The predicted molar refractivity (Wildman–Crippen MR) is 68.4 cm³/mol. The monoisotopic (exact) mass is 208 g/mol. The number of para-hydroxylation sites is 1. The van der Waals surface area contributed by atoms with Gasteiger partial charge in [0.25, 0.3) is 0 Å². The molecule has 2 heteroatoms. The Hall–Kier alpha value is -2.09. The van der Waals surface area contributed by atoms with Crippen LogP contribution in [0.4, 0.5) is 5.69 Å². The lowest BCUT2D eigenvalue weighted by Gasteiger charge is -2.07. The van der Waals surface area contributed by atoms with Crippen molar-refractivity contribution in [3.8, 4) is 0 Å². The number of rotatable bonds is 0. The van der Waals surface area contributed by atoms with E-state index in [-0.39, 0.29) is 0 Å². The second kappa shape index (κ2) is 3.20. The molecule has 0 atom stereocenters. The second-order valence-corrected chi connectivity index (χ2v) is 4.02. The molecule has 78 valence electrons. The van der Waals surface area contributed by atoms with E-state index in [4.69, 9.17) is 5.73 Å². The van der Waals surface area contributed by atoms with Crippen LogP contribution in [-0.4, -0.2) is 4.98 Å². The summed E-state index contributed by atoms with van der Waals surface area (Å²) in [5.41, 5.74) is 8.71. The van der Waals surface area contributed by atoms with Crippen LogP contribution in [0.3, 0.4) is 0 Å². The van der Waals surface area contributed by atoms with Gasteiger partial charge in [0.1, 0.15) is 0 Å². The van der Waals surface area contributed by atoms with Crippen molar-refractivity contribution >= 4 is 27.4 Å². The highest BCUT2D eigenvalue weighted by atomic mass is 14.7. The molecule has 16 heavy (non-hydrogen) atoms. The van der Waals surface area contributed by atoms with Crippen LogP contribution in [0.15, 0.2) is 42.5 Å². The largest absolute Gasteiger partial charge is 0.399 e. The van der Waals surface area contributed by atoms with Crippen LogP contribution in [0.2, 0.25) is 0 Å². The van der Waals surface area contributed by atoms with Crippen LogP contribution in [0, 0.1) is 6.92 Å². The van der Waals surface area contributed by atoms with E-state index >= 15 is 0 Å². The number of nitrogens with zero attached hydrogens (tertiary/aromatic N) is 1. The number of anilines is 1. The number of aromatic nitrogens is 1. The summed E-state index contributed by atoms with van der Waals surface area (Å²) in [6.07, 6.45) is 0. The van der Waals surface area contributed by atoms with Gasteiger partial charge >= 0.3 is 0 Å². The number of hydrogen-bond donors (Lipinski definition) is 1. The Morgan fingerprint density at radius 3 is 2.62 bits per heavy atom. The number of nitrogen functional groups attached to an aromatic ring is 1. The van der Waals surface area contributed by atoms with Crippen LogP contribution in [-0.2, 0) is 0 Å². The molecule has 0 bridgehead atoms. The molecule has 3 aromatic rings. The SMILES string of the molecule is Cc1nc2ccccc2c2cc(N)ccc12. The third-order valence-electron chi connectivity index (χ3n) is 2.92. The van der Waals surface area contributed by atoms with Gasteiger partial charge in [0.2, 0.25) is 0 Å². The summed E-state index contributed by atoms with van der Waals surface area (Å²) in [6, 6.07) is 14.1. The number of aryl methyl sites for hydroxylation is 1. The quantitative estimate of drug-likeness (QED) is 0.455. The first kappa shape index (κ1) is 9.16. The first-order chi connectivity index (χ1) is 7.75. The summed E-state index contributed by atoms with van der Waals surface area (Å²) in [7, 11) is 0. The van der Waals surface area contributed by atoms with Crippen molar-refractivity contribution in [2.75, 3.05) is 5.73 Å². The average molecular weight is 208 g/mol. The zero-order valence-corrected chi connectivity index (χ0v) is 9.07. The molecule has 0 saturated carbocycles. The summed E-state index contributed by atoms with van der Waals surface area (Å²) in [6.45, 7) is 2.03. The fraction of sp³-hybridized carbons (Fsp3) is 0.0714. The Morgan fingerprint density at radius 1 is 0.938 bits per heavy atom. The van der Waals surface area contributed by atoms with E-state index in [0.29, 0.717) is 0 Å². The Labute approximate surface area is 93.7 Å². The standard InChI is InChI=1S/C14H12N2/c1-9-11-7-6-10(15)8-13(11)12-4-2-3-5-14(12)16-9/h2-8H,15H2,1H3. The number of nitrogens with two attached hydrogens (primary N) is 1. The highest BCUT2D eigenvalue weighted by Crippen LogP contribution is 2.27. The summed E-state index contributed by atoms with van der Waals surface area (Å²) in [5.74, 6) is 0. The van der Waals surface area contributed by atoms with Crippen molar-refractivity contribution in [1.29, 1.82) is 0 Å². The van der Waals surface area contributed by atoms with Gasteiger partial charge in [-0.1, -0.05) is 24.3 Å². The smallest absolute Gasteiger partial charge is 0.0711 e. The molecule has 0 spiro atoms. The third kappa shape index (κ3) is 1.23. The van der Waals surface area contributed by atoms with Crippen molar-refractivity contribution < 1.29 is 0 Å². The van der Waals surface area contributed by atoms with E-state index < -0.39 is 0 Å².